The molecule has 0 rings (SSSR count). The van der Waals surface area contributed by atoms with Gasteiger partial charge in [-0.15, -0.1) is 0 Å². The average molecular weight is 469 g/mol. The minimum atomic E-state index is -0.455. The van der Waals surface area contributed by atoms with Crippen LogP contribution in [0.1, 0.15) is 162 Å². The topological polar surface area (TPSA) is 52.6 Å². The van der Waals surface area contributed by atoms with E-state index in [9.17, 15) is 9.59 Å². The third kappa shape index (κ3) is 27.1. The van der Waals surface area contributed by atoms with Gasteiger partial charge in [0.15, 0.2) is 0 Å². The Balaban J connectivity index is 3.28. The summed E-state index contributed by atoms with van der Waals surface area (Å²) in [4.78, 5) is 23.4. The van der Waals surface area contributed by atoms with Crippen molar-refractivity contribution in [1.82, 2.24) is 0 Å². The third-order valence-corrected chi connectivity index (χ3v) is 6.31. The van der Waals surface area contributed by atoms with E-state index in [1.807, 2.05) is 0 Å². The van der Waals surface area contributed by atoms with Gasteiger partial charge >= 0.3 is 11.9 Å². The Hall–Kier alpha value is -1.06. The lowest BCUT2D eigenvalue weighted by atomic mass is 10.0. The van der Waals surface area contributed by atoms with Gasteiger partial charge in [0, 0.05) is 0 Å². The lowest BCUT2D eigenvalue weighted by Crippen LogP contribution is -2.15. The molecule has 0 N–H and O–H groups in total. The van der Waals surface area contributed by atoms with Gasteiger partial charge in [0.25, 0.3) is 0 Å². The van der Waals surface area contributed by atoms with Crippen molar-refractivity contribution < 1.29 is 19.1 Å². The summed E-state index contributed by atoms with van der Waals surface area (Å²) < 4.78 is 10.3. The number of rotatable bonds is 26. The van der Waals surface area contributed by atoms with Crippen LogP contribution in [0.2, 0.25) is 0 Å². The molecular formula is C29H56O4. The quantitative estimate of drug-likeness (QED) is 0.0721. The van der Waals surface area contributed by atoms with Crippen molar-refractivity contribution in [2.75, 3.05) is 13.2 Å². The monoisotopic (exact) mass is 468 g/mol. The molecule has 0 atom stereocenters. The number of unbranched alkanes of at least 4 members (excludes halogenated alkanes) is 20. The maximum Gasteiger partial charge on any atom is 0.317 e. The van der Waals surface area contributed by atoms with Crippen LogP contribution in [-0.4, -0.2) is 25.2 Å². The maximum absolute atomic E-state index is 11.7. The third-order valence-electron chi connectivity index (χ3n) is 6.31. The molecule has 4 heteroatoms. The van der Waals surface area contributed by atoms with E-state index in [1.165, 1.54) is 116 Å². The molecule has 196 valence electrons. The van der Waals surface area contributed by atoms with Crippen LogP contribution in [0.25, 0.3) is 0 Å². The van der Waals surface area contributed by atoms with E-state index < -0.39 is 11.9 Å². The van der Waals surface area contributed by atoms with Crippen molar-refractivity contribution in [2.45, 2.75) is 162 Å². The highest BCUT2D eigenvalue weighted by atomic mass is 16.6. The predicted octanol–water partition coefficient (Wildman–Crippen LogP) is 9.08. The van der Waals surface area contributed by atoms with E-state index >= 15 is 0 Å². The van der Waals surface area contributed by atoms with E-state index in [4.69, 9.17) is 9.47 Å². The highest BCUT2D eigenvalue weighted by molar-refractivity contribution is 5.91. The van der Waals surface area contributed by atoms with Crippen molar-refractivity contribution in [1.29, 1.82) is 0 Å². The maximum atomic E-state index is 11.7. The smallest absolute Gasteiger partial charge is 0.317 e. The van der Waals surface area contributed by atoms with Gasteiger partial charge in [-0.05, 0) is 12.8 Å². The number of esters is 2. The molecule has 0 aromatic rings. The van der Waals surface area contributed by atoms with Crippen molar-refractivity contribution in [3.8, 4) is 0 Å². The first-order valence-corrected chi connectivity index (χ1v) is 14.5. The SMILES string of the molecule is CCCCCCCCCCCCCCCCOC(=O)CC(=O)OCCCCCCCCCC. The summed E-state index contributed by atoms with van der Waals surface area (Å²) in [6.45, 7) is 5.33. The van der Waals surface area contributed by atoms with Crippen LogP contribution in [0.15, 0.2) is 0 Å². The molecule has 0 aliphatic carbocycles. The number of hydrogen-bond donors (Lipinski definition) is 0. The molecule has 0 aliphatic heterocycles. The Kier molecular flexibility index (Phi) is 26.3. The van der Waals surface area contributed by atoms with Gasteiger partial charge in [0.1, 0.15) is 6.42 Å². The van der Waals surface area contributed by atoms with Crippen LogP contribution in [0.4, 0.5) is 0 Å². The zero-order valence-corrected chi connectivity index (χ0v) is 22.3. The number of carbonyl (C=O) groups is 2. The first kappa shape index (κ1) is 31.9. The molecule has 0 amide bonds. The minimum Gasteiger partial charge on any atom is -0.465 e. The van der Waals surface area contributed by atoms with Crippen LogP contribution in [0, 0.1) is 0 Å². The van der Waals surface area contributed by atoms with Crippen LogP contribution < -0.4 is 0 Å². The molecule has 0 saturated carbocycles. The van der Waals surface area contributed by atoms with E-state index in [0.717, 1.165) is 25.7 Å². The van der Waals surface area contributed by atoms with Crippen LogP contribution in [0.5, 0.6) is 0 Å². The van der Waals surface area contributed by atoms with Gasteiger partial charge in [-0.2, -0.15) is 0 Å². The first-order chi connectivity index (χ1) is 16.2. The largest absolute Gasteiger partial charge is 0.465 e. The Bertz CT molecular complexity index is 422. The Morgan fingerprint density at radius 3 is 0.909 bits per heavy atom. The molecule has 0 radical (unpaired) electrons. The van der Waals surface area contributed by atoms with Crippen molar-refractivity contribution in [2.24, 2.45) is 0 Å². The highest BCUT2D eigenvalue weighted by Gasteiger charge is 2.11. The number of carbonyl (C=O) groups excluding carboxylic acids is 2. The molecule has 0 bridgehead atoms. The lowest BCUT2D eigenvalue weighted by Gasteiger charge is -2.06. The van der Waals surface area contributed by atoms with Crippen molar-refractivity contribution in [3.05, 3.63) is 0 Å². The molecule has 0 spiro atoms. The zero-order chi connectivity index (χ0) is 24.2. The standard InChI is InChI=1S/C29H56O4/c1-3-5-7-9-11-13-14-15-16-17-18-20-22-24-26-33-29(31)27-28(30)32-25-23-21-19-12-10-8-6-4-2/h3-27H2,1-2H3. The molecule has 0 saturated heterocycles. The van der Waals surface area contributed by atoms with E-state index in [2.05, 4.69) is 13.8 Å². The fourth-order valence-corrected chi connectivity index (χ4v) is 4.12. The van der Waals surface area contributed by atoms with E-state index in [1.54, 1.807) is 0 Å². The molecule has 0 unspecified atom stereocenters. The molecule has 0 fully saturated rings. The zero-order valence-electron chi connectivity index (χ0n) is 22.3. The van der Waals surface area contributed by atoms with Crippen molar-refractivity contribution >= 4 is 11.9 Å². The second-order valence-electron chi connectivity index (χ2n) is 9.69. The van der Waals surface area contributed by atoms with Gasteiger partial charge in [-0.25, -0.2) is 0 Å². The van der Waals surface area contributed by atoms with Gasteiger partial charge in [0.05, 0.1) is 13.2 Å². The highest BCUT2D eigenvalue weighted by Crippen LogP contribution is 2.13. The summed E-state index contributed by atoms with van der Waals surface area (Å²) in [5.41, 5.74) is 0. The molecule has 0 heterocycles. The minimum absolute atomic E-state index is 0.254. The Labute approximate surface area is 206 Å². The molecular weight excluding hydrogens is 412 g/mol. The van der Waals surface area contributed by atoms with E-state index in [0.29, 0.717) is 13.2 Å². The molecule has 0 aromatic carbocycles. The molecule has 4 nitrogen and oxygen atoms in total. The Morgan fingerprint density at radius 1 is 0.394 bits per heavy atom. The fraction of sp³-hybridized carbons (Fsp3) is 0.931. The summed E-state index contributed by atoms with van der Waals surface area (Å²) in [6, 6.07) is 0. The summed E-state index contributed by atoms with van der Waals surface area (Å²) in [6.07, 6.45) is 27.7. The molecule has 0 aromatic heterocycles. The summed E-state index contributed by atoms with van der Waals surface area (Å²) >= 11 is 0. The van der Waals surface area contributed by atoms with Crippen LogP contribution in [0.3, 0.4) is 0 Å². The number of hydrogen-bond acceptors (Lipinski definition) is 4. The van der Waals surface area contributed by atoms with Crippen LogP contribution in [-0.2, 0) is 19.1 Å². The molecule has 33 heavy (non-hydrogen) atoms. The molecule has 0 aliphatic rings. The normalized spacial score (nSPS) is 11.0. The van der Waals surface area contributed by atoms with Gasteiger partial charge in [-0.3, -0.25) is 9.59 Å². The first-order valence-electron chi connectivity index (χ1n) is 14.5. The van der Waals surface area contributed by atoms with Gasteiger partial charge in [-0.1, -0.05) is 142 Å². The lowest BCUT2D eigenvalue weighted by molar-refractivity contribution is -0.154. The summed E-state index contributed by atoms with van der Waals surface area (Å²) in [7, 11) is 0. The number of ether oxygens (including phenoxy) is 2. The Morgan fingerprint density at radius 2 is 0.636 bits per heavy atom. The predicted molar refractivity (Wildman–Crippen MR) is 139 cm³/mol. The second-order valence-corrected chi connectivity index (χ2v) is 9.69. The van der Waals surface area contributed by atoms with E-state index in [-0.39, 0.29) is 6.42 Å². The summed E-state index contributed by atoms with van der Waals surface area (Å²) in [5.74, 6) is -0.908. The van der Waals surface area contributed by atoms with Gasteiger partial charge < -0.3 is 9.47 Å². The fourth-order valence-electron chi connectivity index (χ4n) is 4.12. The second kappa shape index (κ2) is 27.2. The van der Waals surface area contributed by atoms with Crippen molar-refractivity contribution in [3.63, 3.8) is 0 Å². The van der Waals surface area contributed by atoms with Crippen LogP contribution >= 0.6 is 0 Å². The van der Waals surface area contributed by atoms with Gasteiger partial charge in [0.2, 0.25) is 0 Å². The average Bonchev–Trinajstić information content (AvgIpc) is 2.80. The summed E-state index contributed by atoms with van der Waals surface area (Å²) in [5, 5.41) is 0.